The maximum absolute atomic E-state index is 12.7. The van der Waals surface area contributed by atoms with Crippen molar-refractivity contribution in [3.63, 3.8) is 0 Å². The van der Waals surface area contributed by atoms with E-state index in [0.717, 1.165) is 64.4 Å². The summed E-state index contributed by atoms with van der Waals surface area (Å²) < 4.78 is 16.6. The van der Waals surface area contributed by atoms with E-state index in [9.17, 15) is 4.21 Å². The maximum Gasteiger partial charge on any atom is 0.177 e. The molecule has 1 aliphatic heterocycles. The van der Waals surface area contributed by atoms with Crippen LogP contribution >= 0.6 is 0 Å². The van der Waals surface area contributed by atoms with Gasteiger partial charge in [0.2, 0.25) is 0 Å². The first-order valence-electron chi connectivity index (χ1n) is 11.1. The van der Waals surface area contributed by atoms with Crippen molar-refractivity contribution < 1.29 is 4.21 Å². The number of benzene rings is 2. The number of aromatic nitrogens is 5. The number of hydrogen-bond donors (Lipinski definition) is 0. The van der Waals surface area contributed by atoms with Gasteiger partial charge in [0, 0.05) is 36.7 Å². The molecule has 0 radical (unpaired) electrons. The highest BCUT2D eigenvalue weighted by Crippen LogP contribution is 2.23. The molecule has 0 saturated carbocycles. The lowest BCUT2D eigenvalue weighted by atomic mass is 10.1. The topological polar surface area (TPSA) is 76.3 Å². The third-order valence-corrected chi connectivity index (χ3v) is 7.52. The van der Waals surface area contributed by atoms with Crippen molar-refractivity contribution in [3.8, 4) is 11.3 Å². The first-order chi connectivity index (χ1) is 16.2. The van der Waals surface area contributed by atoms with Gasteiger partial charge in [-0.25, -0.2) is 8.51 Å². The summed E-state index contributed by atoms with van der Waals surface area (Å²) >= 11 is 0. The summed E-state index contributed by atoms with van der Waals surface area (Å²) in [5, 5.41) is 14.6. The zero-order chi connectivity index (χ0) is 22.2. The zero-order valence-electron chi connectivity index (χ0n) is 18.0. The summed E-state index contributed by atoms with van der Waals surface area (Å²) in [6.07, 6.45) is 4.66. The number of fused-ring (bicyclic) bond motifs is 2. The molecule has 164 valence electrons. The number of rotatable bonds is 5. The van der Waals surface area contributed by atoms with E-state index in [1.165, 1.54) is 0 Å². The predicted molar refractivity (Wildman–Crippen MR) is 128 cm³/mol. The van der Waals surface area contributed by atoms with Crippen molar-refractivity contribution >= 4 is 27.5 Å². The Hall–Kier alpha value is -3.49. The summed E-state index contributed by atoms with van der Waals surface area (Å²) in [4.78, 5) is 5.22. The zero-order valence-corrected chi connectivity index (χ0v) is 18.8. The first-order valence-corrected chi connectivity index (χ1v) is 12.2. The summed E-state index contributed by atoms with van der Waals surface area (Å²) in [5.74, 6) is 0.779. The Labute approximate surface area is 193 Å². The Bertz CT molecular complexity index is 1470. The molecular weight excluding hydrogens is 432 g/mol. The maximum atomic E-state index is 12.7. The van der Waals surface area contributed by atoms with Gasteiger partial charge in [-0.1, -0.05) is 24.3 Å². The minimum atomic E-state index is -1.09. The number of pyridine rings is 1. The molecule has 0 spiro atoms. The molecular formula is C25H22N6OS. The summed E-state index contributed by atoms with van der Waals surface area (Å²) in [6.45, 7) is 1.80. The van der Waals surface area contributed by atoms with Gasteiger partial charge >= 0.3 is 0 Å². The van der Waals surface area contributed by atoms with Gasteiger partial charge in [0.05, 0.1) is 16.1 Å². The van der Waals surface area contributed by atoms with Crippen LogP contribution in [0.15, 0.2) is 77.8 Å². The first kappa shape index (κ1) is 20.1. The van der Waals surface area contributed by atoms with Crippen molar-refractivity contribution in [2.75, 3.05) is 13.1 Å². The van der Waals surface area contributed by atoms with E-state index in [1.807, 2.05) is 52.8 Å². The minimum absolute atomic E-state index is 0.621. The summed E-state index contributed by atoms with van der Waals surface area (Å²) in [6, 6.07) is 21.9. The fourth-order valence-corrected chi connectivity index (χ4v) is 5.52. The van der Waals surface area contributed by atoms with Crippen molar-refractivity contribution in [2.45, 2.75) is 24.2 Å². The van der Waals surface area contributed by atoms with E-state index in [1.54, 1.807) is 10.7 Å². The van der Waals surface area contributed by atoms with Crippen LogP contribution in [0.5, 0.6) is 0 Å². The van der Waals surface area contributed by atoms with E-state index in [2.05, 4.69) is 33.4 Å². The third-order valence-electron chi connectivity index (χ3n) is 6.01. The molecule has 7 nitrogen and oxygen atoms in total. The normalized spacial score (nSPS) is 15.4. The van der Waals surface area contributed by atoms with Gasteiger partial charge in [-0.15, -0.1) is 10.2 Å². The Morgan fingerprint density at radius 2 is 1.76 bits per heavy atom. The Balaban J connectivity index is 1.28. The summed E-state index contributed by atoms with van der Waals surface area (Å²) in [7, 11) is -1.09. The molecule has 1 fully saturated rings. The van der Waals surface area contributed by atoms with E-state index < -0.39 is 11.0 Å². The molecule has 6 rings (SSSR count). The molecule has 1 aliphatic rings. The molecule has 3 aromatic heterocycles. The minimum Gasteiger partial charge on any atom is -0.256 e. The molecule has 1 saturated heterocycles. The lowest BCUT2D eigenvalue weighted by Gasteiger charge is -2.13. The quantitative estimate of drug-likeness (QED) is 0.400. The molecule has 2 aromatic carbocycles. The van der Waals surface area contributed by atoms with Crippen LogP contribution in [-0.4, -0.2) is 46.4 Å². The predicted octanol–water partition coefficient (Wildman–Crippen LogP) is 4.05. The van der Waals surface area contributed by atoms with Crippen molar-refractivity contribution in [3.05, 3.63) is 84.3 Å². The second-order valence-corrected chi connectivity index (χ2v) is 9.71. The Morgan fingerprint density at radius 3 is 2.61 bits per heavy atom. The molecule has 0 aliphatic carbocycles. The summed E-state index contributed by atoms with van der Waals surface area (Å²) in [5.41, 5.74) is 4.61. The molecule has 1 unspecified atom stereocenters. The second kappa shape index (κ2) is 8.46. The highest BCUT2D eigenvalue weighted by molar-refractivity contribution is 7.82. The van der Waals surface area contributed by atoms with E-state index in [0.29, 0.717) is 12.1 Å². The molecule has 0 N–H and O–H groups in total. The van der Waals surface area contributed by atoms with Gasteiger partial charge in [-0.05, 0) is 60.9 Å². The fourth-order valence-electron chi connectivity index (χ4n) is 4.26. The monoisotopic (exact) mass is 454 g/mol. The van der Waals surface area contributed by atoms with Crippen LogP contribution in [0.25, 0.3) is 27.8 Å². The van der Waals surface area contributed by atoms with Crippen LogP contribution in [0.3, 0.4) is 0 Å². The molecule has 5 aromatic rings. The Morgan fingerprint density at radius 1 is 0.909 bits per heavy atom. The average molecular weight is 455 g/mol. The highest BCUT2D eigenvalue weighted by Gasteiger charge is 2.19. The lowest BCUT2D eigenvalue weighted by Crippen LogP contribution is -2.21. The van der Waals surface area contributed by atoms with Crippen LogP contribution in [0.2, 0.25) is 0 Å². The van der Waals surface area contributed by atoms with Gasteiger partial charge in [0.15, 0.2) is 11.5 Å². The van der Waals surface area contributed by atoms with Gasteiger partial charge in [0.25, 0.3) is 0 Å². The molecule has 0 bridgehead atoms. The number of hydrogen-bond acceptors (Lipinski definition) is 5. The van der Waals surface area contributed by atoms with Crippen LogP contribution in [0, 0.1) is 0 Å². The molecule has 1 atom stereocenters. The van der Waals surface area contributed by atoms with E-state index in [4.69, 9.17) is 5.10 Å². The largest absolute Gasteiger partial charge is 0.256 e. The standard InChI is InChI=1S/C25H22N6OS/c32-33(30-14-1-2-15-30)21-8-6-19(7-9-21)23-11-12-24-27-28-25(31(24)29-23)17-18-5-10-22-20(16-18)4-3-13-26-22/h3-13,16H,1-2,14-15,17H2. The molecule has 8 heteroatoms. The Kier molecular flexibility index (Phi) is 5.16. The van der Waals surface area contributed by atoms with E-state index in [-0.39, 0.29) is 0 Å². The third kappa shape index (κ3) is 3.92. The van der Waals surface area contributed by atoms with E-state index >= 15 is 0 Å². The van der Waals surface area contributed by atoms with Crippen LogP contribution in [0.1, 0.15) is 24.2 Å². The lowest BCUT2D eigenvalue weighted by molar-refractivity contribution is 0.536. The number of nitrogens with zero attached hydrogens (tertiary/aromatic N) is 6. The van der Waals surface area contributed by atoms with Gasteiger partial charge in [-0.2, -0.15) is 9.61 Å². The smallest absolute Gasteiger partial charge is 0.177 e. The van der Waals surface area contributed by atoms with Crippen molar-refractivity contribution in [2.24, 2.45) is 0 Å². The van der Waals surface area contributed by atoms with Crippen molar-refractivity contribution in [1.29, 1.82) is 0 Å². The van der Waals surface area contributed by atoms with Crippen molar-refractivity contribution in [1.82, 2.24) is 29.1 Å². The van der Waals surface area contributed by atoms with Gasteiger partial charge in [0.1, 0.15) is 11.0 Å². The highest BCUT2D eigenvalue weighted by atomic mass is 32.2. The average Bonchev–Trinajstić information content (AvgIpc) is 3.54. The molecule has 0 amide bonds. The fraction of sp³-hybridized carbons (Fsp3) is 0.200. The van der Waals surface area contributed by atoms with Crippen LogP contribution in [0.4, 0.5) is 0 Å². The molecule has 4 heterocycles. The molecule has 33 heavy (non-hydrogen) atoms. The SMILES string of the molecule is O=S(c1ccc(-c2ccc3nnc(Cc4ccc5ncccc5c4)n3n2)cc1)N1CCCC1. The van der Waals surface area contributed by atoms with Crippen LogP contribution < -0.4 is 0 Å². The van der Waals surface area contributed by atoms with Gasteiger partial charge < -0.3 is 0 Å². The second-order valence-electron chi connectivity index (χ2n) is 8.22. The van der Waals surface area contributed by atoms with Gasteiger partial charge in [-0.3, -0.25) is 4.98 Å². The van der Waals surface area contributed by atoms with Crippen LogP contribution in [-0.2, 0) is 17.4 Å².